The summed E-state index contributed by atoms with van der Waals surface area (Å²) in [5.74, 6) is 0.846. The lowest BCUT2D eigenvalue weighted by Crippen LogP contribution is -2.18. The van der Waals surface area contributed by atoms with Crippen LogP contribution in [0.15, 0.2) is 36.5 Å². The molecule has 98 valence electrons. The Balaban J connectivity index is 1.80. The van der Waals surface area contributed by atoms with Gasteiger partial charge in [-0.2, -0.15) is 12.6 Å². The Kier molecular flexibility index (Phi) is 3.19. The van der Waals surface area contributed by atoms with Gasteiger partial charge < -0.3 is 5.32 Å². The Morgan fingerprint density at radius 1 is 1.32 bits per heavy atom. The number of anilines is 1. The number of carbonyl (C=O) groups excluding carboxylic acids is 1. The van der Waals surface area contributed by atoms with Crippen LogP contribution in [-0.4, -0.2) is 16.6 Å². The molecular weight excluding hydrogens is 256 g/mol. The van der Waals surface area contributed by atoms with Crippen LogP contribution in [0.4, 0.5) is 5.69 Å². The van der Waals surface area contributed by atoms with Crippen LogP contribution < -0.4 is 5.32 Å². The van der Waals surface area contributed by atoms with E-state index in [1.807, 2.05) is 30.3 Å². The van der Waals surface area contributed by atoms with Crippen LogP contribution in [0.25, 0.3) is 10.9 Å². The molecule has 1 aliphatic carbocycles. The molecule has 0 radical (unpaired) electrons. The maximum atomic E-state index is 12.1. The molecule has 1 saturated carbocycles. The van der Waals surface area contributed by atoms with Crippen LogP contribution in [0.2, 0.25) is 0 Å². The molecule has 1 N–H and O–H groups in total. The molecule has 0 unspecified atom stereocenters. The van der Waals surface area contributed by atoms with Gasteiger partial charge in [-0.25, -0.2) is 0 Å². The van der Waals surface area contributed by atoms with Gasteiger partial charge >= 0.3 is 0 Å². The molecule has 0 atom stereocenters. The van der Waals surface area contributed by atoms with Gasteiger partial charge in [0.25, 0.3) is 0 Å². The topological polar surface area (TPSA) is 42.0 Å². The van der Waals surface area contributed by atoms with Crippen molar-refractivity contribution in [2.45, 2.75) is 19.3 Å². The molecule has 0 aliphatic heterocycles. The number of fused-ring (bicyclic) bond motifs is 1. The van der Waals surface area contributed by atoms with Crippen LogP contribution in [-0.2, 0) is 4.79 Å². The van der Waals surface area contributed by atoms with Gasteiger partial charge in [0.1, 0.15) is 0 Å². The third kappa shape index (κ3) is 2.59. The Labute approximate surface area is 117 Å². The first-order valence-corrected chi connectivity index (χ1v) is 7.10. The molecule has 1 aliphatic rings. The summed E-state index contributed by atoms with van der Waals surface area (Å²) in [5.41, 5.74) is 1.78. The number of pyridine rings is 1. The first-order valence-electron chi connectivity index (χ1n) is 6.47. The van der Waals surface area contributed by atoms with Crippen LogP contribution in [0.3, 0.4) is 0 Å². The zero-order valence-electron chi connectivity index (χ0n) is 10.6. The molecule has 1 aromatic heterocycles. The number of carbonyl (C=O) groups is 1. The number of benzene rings is 1. The van der Waals surface area contributed by atoms with E-state index < -0.39 is 0 Å². The fourth-order valence-corrected chi connectivity index (χ4v) is 2.74. The van der Waals surface area contributed by atoms with Gasteiger partial charge in [0.15, 0.2) is 0 Å². The van der Waals surface area contributed by atoms with Crippen molar-refractivity contribution in [2.75, 3.05) is 11.1 Å². The highest BCUT2D eigenvalue weighted by Gasteiger charge is 2.42. The number of thiol groups is 1. The van der Waals surface area contributed by atoms with Crippen LogP contribution in [0.1, 0.15) is 19.3 Å². The average molecular weight is 272 g/mol. The third-order valence-corrected chi connectivity index (χ3v) is 4.41. The van der Waals surface area contributed by atoms with E-state index in [4.69, 9.17) is 0 Å². The summed E-state index contributed by atoms with van der Waals surface area (Å²) in [6, 6.07) is 9.72. The lowest BCUT2D eigenvalue weighted by molar-refractivity contribution is -0.117. The van der Waals surface area contributed by atoms with Gasteiger partial charge in [0.2, 0.25) is 5.91 Å². The zero-order chi connectivity index (χ0) is 13.3. The number of hydrogen-bond donors (Lipinski definition) is 2. The van der Waals surface area contributed by atoms with E-state index in [1.54, 1.807) is 6.20 Å². The number of aromatic nitrogens is 1. The van der Waals surface area contributed by atoms with Gasteiger partial charge in [0, 0.05) is 18.0 Å². The van der Waals surface area contributed by atoms with E-state index in [-0.39, 0.29) is 11.3 Å². The molecular formula is C15H16N2OS. The molecule has 0 bridgehead atoms. The van der Waals surface area contributed by atoms with Crippen molar-refractivity contribution in [2.24, 2.45) is 5.41 Å². The van der Waals surface area contributed by atoms with E-state index in [0.717, 1.165) is 35.2 Å². The summed E-state index contributed by atoms with van der Waals surface area (Å²) in [6.07, 6.45) is 4.52. The van der Waals surface area contributed by atoms with Crippen molar-refractivity contribution in [1.82, 2.24) is 4.98 Å². The number of hydrogen-bond acceptors (Lipinski definition) is 3. The van der Waals surface area contributed by atoms with Crippen molar-refractivity contribution in [3.05, 3.63) is 36.5 Å². The number of nitrogens with zero attached hydrogens (tertiary/aromatic N) is 1. The molecule has 3 nitrogen and oxygen atoms in total. The summed E-state index contributed by atoms with van der Waals surface area (Å²) in [4.78, 5) is 16.4. The third-order valence-electron chi connectivity index (χ3n) is 3.73. The molecule has 1 amide bonds. The summed E-state index contributed by atoms with van der Waals surface area (Å²) in [5, 5.41) is 4.02. The normalized spacial score (nSPS) is 16.3. The summed E-state index contributed by atoms with van der Waals surface area (Å²) in [7, 11) is 0. The number of rotatable bonds is 4. The first-order chi connectivity index (χ1) is 9.22. The van der Waals surface area contributed by atoms with Crippen LogP contribution >= 0.6 is 12.6 Å². The smallest absolute Gasteiger partial charge is 0.225 e. The predicted octanol–water partition coefficient (Wildman–Crippen LogP) is 3.27. The molecule has 0 saturated heterocycles. The van der Waals surface area contributed by atoms with Crippen molar-refractivity contribution >= 4 is 35.1 Å². The quantitative estimate of drug-likeness (QED) is 0.839. The highest BCUT2D eigenvalue weighted by molar-refractivity contribution is 7.80. The maximum absolute atomic E-state index is 12.1. The van der Waals surface area contributed by atoms with Gasteiger partial charge in [-0.05, 0) is 36.1 Å². The van der Waals surface area contributed by atoms with Crippen molar-refractivity contribution in [3.63, 3.8) is 0 Å². The highest BCUT2D eigenvalue weighted by Crippen LogP contribution is 2.49. The zero-order valence-corrected chi connectivity index (χ0v) is 11.5. The number of amides is 1. The first kappa shape index (κ1) is 12.5. The summed E-state index contributed by atoms with van der Waals surface area (Å²) >= 11 is 4.33. The molecule has 4 heteroatoms. The second-order valence-corrected chi connectivity index (χ2v) is 5.58. The molecule has 3 rings (SSSR count). The van der Waals surface area contributed by atoms with E-state index >= 15 is 0 Å². The standard InChI is InChI=1S/C15H16N2OS/c18-13(9-15(10-19)6-7-15)17-12-5-1-3-11-4-2-8-16-14(11)12/h1-5,8,19H,6-7,9-10H2,(H,17,18). The van der Waals surface area contributed by atoms with E-state index in [9.17, 15) is 4.79 Å². The molecule has 2 aromatic rings. The number of nitrogens with one attached hydrogen (secondary N) is 1. The minimum Gasteiger partial charge on any atom is -0.324 e. The van der Waals surface area contributed by atoms with Gasteiger partial charge in [-0.3, -0.25) is 9.78 Å². The molecule has 1 aromatic carbocycles. The monoisotopic (exact) mass is 272 g/mol. The second kappa shape index (κ2) is 4.85. The largest absolute Gasteiger partial charge is 0.324 e. The Morgan fingerprint density at radius 3 is 2.84 bits per heavy atom. The highest BCUT2D eigenvalue weighted by atomic mass is 32.1. The molecule has 1 heterocycles. The van der Waals surface area contributed by atoms with E-state index in [1.165, 1.54) is 0 Å². The maximum Gasteiger partial charge on any atom is 0.225 e. The van der Waals surface area contributed by atoms with Crippen LogP contribution in [0, 0.1) is 5.41 Å². The Hall–Kier alpha value is -1.55. The Morgan fingerprint density at radius 2 is 2.11 bits per heavy atom. The van der Waals surface area contributed by atoms with E-state index in [0.29, 0.717) is 6.42 Å². The minimum atomic E-state index is 0.0599. The van der Waals surface area contributed by atoms with Crippen molar-refractivity contribution in [3.8, 4) is 0 Å². The molecule has 19 heavy (non-hydrogen) atoms. The predicted molar refractivity (Wildman–Crippen MR) is 80.5 cm³/mol. The fraction of sp³-hybridized carbons (Fsp3) is 0.333. The van der Waals surface area contributed by atoms with Gasteiger partial charge in [0.05, 0.1) is 11.2 Å². The molecule has 1 fully saturated rings. The SMILES string of the molecule is O=C(CC1(CS)CC1)Nc1cccc2cccnc12. The Bertz CT molecular complexity index is 617. The van der Waals surface area contributed by atoms with E-state index in [2.05, 4.69) is 22.9 Å². The van der Waals surface area contributed by atoms with Crippen LogP contribution in [0.5, 0.6) is 0 Å². The second-order valence-electron chi connectivity index (χ2n) is 5.26. The van der Waals surface area contributed by atoms with Gasteiger partial charge in [-0.15, -0.1) is 0 Å². The minimum absolute atomic E-state index is 0.0599. The average Bonchev–Trinajstić information content (AvgIpc) is 3.19. The fourth-order valence-electron chi connectivity index (χ4n) is 2.31. The lowest BCUT2D eigenvalue weighted by Gasteiger charge is -2.12. The van der Waals surface area contributed by atoms with Gasteiger partial charge in [-0.1, -0.05) is 18.2 Å². The summed E-state index contributed by atoms with van der Waals surface area (Å²) < 4.78 is 0. The lowest BCUT2D eigenvalue weighted by atomic mass is 10.0. The van der Waals surface area contributed by atoms with Crippen molar-refractivity contribution in [1.29, 1.82) is 0 Å². The summed E-state index contributed by atoms with van der Waals surface area (Å²) in [6.45, 7) is 0. The molecule has 0 spiro atoms. The number of para-hydroxylation sites is 1. The van der Waals surface area contributed by atoms with Crippen molar-refractivity contribution < 1.29 is 4.79 Å².